The molecule has 0 bridgehead atoms. The highest BCUT2D eigenvalue weighted by Crippen LogP contribution is 2.38. The molecule has 0 spiro atoms. The lowest BCUT2D eigenvalue weighted by atomic mass is 9.79. The third-order valence-electron chi connectivity index (χ3n) is 3.95. The van der Waals surface area contributed by atoms with Crippen LogP contribution in [0.5, 0.6) is 0 Å². The number of carbonyl (C=O) groups excluding carboxylic acids is 2. The number of benzene rings is 1. The maximum atomic E-state index is 12.5. The fourth-order valence-electron chi connectivity index (χ4n) is 2.80. The Morgan fingerprint density at radius 3 is 2.68 bits per heavy atom. The van der Waals surface area contributed by atoms with Crippen molar-refractivity contribution >= 4 is 17.5 Å². The van der Waals surface area contributed by atoms with Crippen molar-refractivity contribution in [2.24, 2.45) is 5.41 Å². The molecule has 0 saturated carbocycles. The van der Waals surface area contributed by atoms with E-state index in [0.29, 0.717) is 0 Å². The smallest absolute Gasteiger partial charge is 0.324 e. The Kier molecular flexibility index (Phi) is 4.81. The summed E-state index contributed by atoms with van der Waals surface area (Å²) in [5.41, 5.74) is 1.45. The Labute approximate surface area is 130 Å². The van der Waals surface area contributed by atoms with E-state index < -0.39 is 17.4 Å². The first-order valence-corrected chi connectivity index (χ1v) is 7.25. The van der Waals surface area contributed by atoms with E-state index in [9.17, 15) is 9.59 Å². The van der Waals surface area contributed by atoms with Crippen molar-refractivity contribution in [2.45, 2.75) is 19.8 Å². The largest absolute Gasteiger partial charge is 0.468 e. The molecule has 1 aliphatic carbocycles. The maximum Gasteiger partial charge on any atom is 0.324 e. The number of rotatable bonds is 4. The molecule has 22 heavy (non-hydrogen) atoms. The highest BCUT2D eigenvalue weighted by molar-refractivity contribution is 6.01. The average Bonchev–Trinajstić information content (AvgIpc) is 2.71. The van der Waals surface area contributed by atoms with Gasteiger partial charge in [0.05, 0.1) is 13.7 Å². The quantitative estimate of drug-likeness (QED) is 0.634. The van der Waals surface area contributed by atoms with Gasteiger partial charge in [0.2, 0.25) is 0 Å². The van der Waals surface area contributed by atoms with Crippen molar-refractivity contribution in [3.8, 4) is 0 Å². The lowest BCUT2D eigenvalue weighted by Crippen LogP contribution is -2.43. The number of methoxy groups -OCH3 is 1. The molecule has 1 aromatic rings. The minimum atomic E-state index is -1.34. The first-order chi connectivity index (χ1) is 10.6. The average molecular weight is 300 g/mol. The van der Waals surface area contributed by atoms with E-state index >= 15 is 0 Å². The van der Waals surface area contributed by atoms with Gasteiger partial charge in [-0.1, -0.05) is 43.0 Å². The molecule has 0 aromatic heterocycles. The van der Waals surface area contributed by atoms with Gasteiger partial charge in [0.1, 0.15) is 0 Å². The predicted molar refractivity (Wildman–Crippen MR) is 84.0 cm³/mol. The number of hydrogen-bond donors (Lipinski definition) is 0. The van der Waals surface area contributed by atoms with Crippen LogP contribution in [0.25, 0.3) is 5.57 Å². The topological polar surface area (TPSA) is 52.6 Å². The zero-order chi connectivity index (χ0) is 16.2. The number of hydrogen-bond acceptors (Lipinski definition) is 4. The summed E-state index contributed by atoms with van der Waals surface area (Å²) >= 11 is 0. The van der Waals surface area contributed by atoms with Gasteiger partial charge in [0.25, 0.3) is 0 Å². The summed E-state index contributed by atoms with van der Waals surface area (Å²) < 4.78 is 10.1. The molecule has 1 atom stereocenters. The summed E-state index contributed by atoms with van der Waals surface area (Å²) in [5, 5.41) is 0. The molecule has 1 unspecified atom stereocenters. The normalized spacial score (nSPS) is 20.2. The summed E-state index contributed by atoms with van der Waals surface area (Å²) in [6, 6.07) is 7.68. The van der Waals surface area contributed by atoms with Gasteiger partial charge in [0, 0.05) is 6.42 Å². The van der Waals surface area contributed by atoms with Crippen LogP contribution >= 0.6 is 0 Å². The van der Waals surface area contributed by atoms with Gasteiger partial charge in [-0.15, -0.1) is 0 Å². The zero-order valence-corrected chi connectivity index (χ0v) is 12.9. The summed E-state index contributed by atoms with van der Waals surface area (Å²) in [5.74, 6) is -1.11. The Morgan fingerprint density at radius 2 is 2.05 bits per heavy atom. The third kappa shape index (κ3) is 2.69. The standard InChI is InChI=1S/C18H20O4/c1-4-13-10-11-18(16(19)21-3,17(20)22-5-2)12-14-8-6-7-9-15(13)14/h4,6-10H,1,5,11-12H2,2-3H3. The molecule has 0 saturated heterocycles. The second-order valence-corrected chi connectivity index (χ2v) is 5.20. The molecule has 1 aliphatic rings. The highest BCUT2D eigenvalue weighted by atomic mass is 16.6. The molecule has 4 heteroatoms. The van der Waals surface area contributed by atoms with Crippen molar-refractivity contribution in [3.05, 3.63) is 54.1 Å². The van der Waals surface area contributed by atoms with Crippen molar-refractivity contribution in [1.29, 1.82) is 0 Å². The molecule has 0 N–H and O–H groups in total. The van der Waals surface area contributed by atoms with Crippen LogP contribution in [0.1, 0.15) is 24.5 Å². The van der Waals surface area contributed by atoms with Crippen molar-refractivity contribution in [1.82, 2.24) is 0 Å². The number of allylic oxidation sites excluding steroid dienone is 3. The molecule has 0 heterocycles. The second-order valence-electron chi connectivity index (χ2n) is 5.20. The van der Waals surface area contributed by atoms with E-state index in [2.05, 4.69) is 6.58 Å². The highest BCUT2D eigenvalue weighted by Gasteiger charge is 2.49. The molecular formula is C18H20O4. The maximum absolute atomic E-state index is 12.5. The van der Waals surface area contributed by atoms with E-state index in [0.717, 1.165) is 16.7 Å². The van der Waals surface area contributed by atoms with Gasteiger partial charge < -0.3 is 9.47 Å². The lowest BCUT2D eigenvalue weighted by molar-refractivity contribution is -0.170. The minimum absolute atomic E-state index is 0.219. The van der Waals surface area contributed by atoms with Crippen LogP contribution in [0.4, 0.5) is 0 Å². The second kappa shape index (κ2) is 6.60. The van der Waals surface area contributed by atoms with Crippen molar-refractivity contribution < 1.29 is 19.1 Å². The third-order valence-corrected chi connectivity index (χ3v) is 3.95. The van der Waals surface area contributed by atoms with Crippen molar-refractivity contribution in [3.63, 3.8) is 0 Å². The molecule has 0 fully saturated rings. The Bertz CT molecular complexity index is 630. The van der Waals surface area contributed by atoms with Gasteiger partial charge in [-0.2, -0.15) is 0 Å². The summed E-state index contributed by atoms with van der Waals surface area (Å²) in [4.78, 5) is 24.9. The number of ether oxygens (including phenoxy) is 2. The van der Waals surface area contributed by atoms with Gasteiger partial charge in [-0.3, -0.25) is 9.59 Å². The van der Waals surface area contributed by atoms with Gasteiger partial charge >= 0.3 is 11.9 Å². The first-order valence-electron chi connectivity index (χ1n) is 7.25. The van der Waals surface area contributed by atoms with Crippen LogP contribution in [-0.4, -0.2) is 25.7 Å². The fraction of sp³-hybridized carbons (Fsp3) is 0.333. The van der Waals surface area contributed by atoms with Crippen molar-refractivity contribution in [2.75, 3.05) is 13.7 Å². The van der Waals surface area contributed by atoms with E-state index in [1.54, 1.807) is 13.0 Å². The molecule has 0 aliphatic heterocycles. The Morgan fingerprint density at radius 1 is 1.32 bits per heavy atom. The minimum Gasteiger partial charge on any atom is -0.468 e. The zero-order valence-electron chi connectivity index (χ0n) is 12.9. The van der Waals surface area contributed by atoms with Gasteiger partial charge in [-0.05, 0) is 30.0 Å². The SMILES string of the molecule is C=CC1=CCC(C(=O)OC)(C(=O)OCC)Cc2ccccc21. The van der Waals surface area contributed by atoms with Crippen LogP contribution in [0.2, 0.25) is 0 Å². The van der Waals surface area contributed by atoms with Crippen LogP contribution in [0.3, 0.4) is 0 Å². The molecule has 0 amide bonds. The lowest BCUT2D eigenvalue weighted by Gasteiger charge is -2.27. The van der Waals surface area contributed by atoms with Gasteiger partial charge in [-0.25, -0.2) is 0 Å². The first kappa shape index (κ1) is 16.0. The van der Waals surface area contributed by atoms with Crippen LogP contribution in [0, 0.1) is 5.41 Å². The summed E-state index contributed by atoms with van der Waals surface area (Å²) in [6.45, 7) is 5.76. The van der Waals surface area contributed by atoms with E-state index in [-0.39, 0.29) is 19.4 Å². The molecule has 0 radical (unpaired) electrons. The van der Waals surface area contributed by atoms with E-state index in [1.807, 2.05) is 30.3 Å². The molecule has 4 nitrogen and oxygen atoms in total. The summed E-state index contributed by atoms with van der Waals surface area (Å²) in [6.07, 6.45) is 4.07. The monoisotopic (exact) mass is 300 g/mol. The number of esters is 2. The Balaban J connectivity index is 2.58. The fourth-order valence-corrected chi connectivity index (χ4v) is 2.80. The predicted octanol–water partition coefficient (Wildman–Crippen LogP) is 2.92. The van der Waals surface area contributed by atoms with E-state index in [4.69, 9.17) is 9.47 Å². The number of carbonyl (C=O) groups is 2. The van der Waals surface area contributed by atoms with Crippen LogP contribution in [0.15, 0.2) is 43.0 Å². The molecule has 1 aromatic carbocycles. The van der Waals surface area contributed by atoms with Gasteiger partial charge in [0.15, 0.2) is 5.41 Å². The number of fused-ring (bicyclic) bond motifs is 1. The molecular weight excluding hydrogens is 280 g/mol. The summed E-state index contributed by atoms with van der Waals surface area (Å²) in [7, 11) is 1.29. The van der Waals surface area contributed by atoms with Crippen LogP contribution in [-0.2, 0) is 25.5 Å². The Hall–Kier alpha value is -2.36. The molecule has 2 rings (SSSR count). The van der Waals surface area contributed by atoms with E-state index in [1.165, 1.54) is 7.11 Å². The molecule has 116 valence electrons. The van der Waals surface area contributed by atoms with Crippen LogP contribution < -0.4 is 0 Å².